The molecule has 12 heteroatoms. The molecule has 0 nitrogen and oxygen atoms in total. The van der Waals surface area contributed by atoms with Crippen molar-refractivity contribution >= 4 is 0 Å². The average molecular weight is 414 g/mol. The lowest BCUT2D eigenvalue weighted by molar-refractivity contribution is -0.301. The molecule has 158 valence electrons. The second kappa shape index (κ2) is 7.65. The van der Waals surface area contributed by atoms with E-state index in [0.29, 0.717) is 6.92 Å². The van der Waals surface area contributed by atoms with Gasteiger partial charge in [0, 0.05) is 12.8 Å². The van der Waals surface area contributed by atoms with Gasteiger partial charge in [0.2, 0.25) is 0 Å². The molecule has 0 amide bonds. The van der Waals surface area contributed by atoms with Crippen LogP contribution in [0.1, 0.15) is 52.4 Å². The van der Waals surface area contributed by atoms with Crippen LogP contribution in [0, 0.1) is 0 Å². The van der Waals surface area contributed by atoms with E-state index in [1.54, 1.807) is 0 Å². The lowest BCUT2D eigenvalue weighted by atomic mass is 9.92. The molecule has 0 aliphatic rings. The van der Waals surface area contributed by atoms with Gasteiger partial charge in [0.1, 0.15) is 0 Å². The first-order valence-electron chi connectivity index (χ1n) is 7.51. The Bertz CT molecular complexity index is 455. The zero-order chi connectivity index (χ0) is 21.2. The van der Waals surface area contributed by atoms with Gasteiger partial charge in [-0.25, -0.2) is 17.6 Å². The molecule has 0 fully saturated rings. The van der Waals surface area contributed by atoms with Crippen LogP contribution in [-0.4, -0.2) is 35.5 Å². The van der Waals surface area contributed by atoms with Crippen LogP contribution in [0.4, 0.5) is 52.7 Å². The summed E-state index contributed by atoms with van der Waals surface area (Å²) >= 11 is 0. The quantitative estimate of drug-likeness (QED) is 0.314. The monoisotopic (exact) mass is 414 g/mol. The van der Waals surface area contributed by atoms with Crippen LogP contribution < -0.4 is 0 Å². The highest BCUT2D eigenvalue weighted by atomic mass is 19.3. The van der Waals surface area contributed by atoms with Crippen LogP contribution in [0.25, 0.3) is 0 Å². The Morgan fingerprint density at radius 1 is 0.462 bits per heavy atom. The minimum atomic E-state index is -5.97. The van der Waals surface area contributed by atoms with Crippen LogP contribution in [-0.2, 0) is 0 Å². The summed E-state index contributed by atoms with van der Waals surface area (Å²) in [6.07, 6.45) is -12.2. The van der Waals surface area contributed by atoms with Gasteiger partial charge >= 0.3 is 23.7 Å². The molecule has 0 heterocycles. The summed E-state index contributed by atoms with van der Waals surface area (Å²) in [4.78, 5) is 0. The minimum absolute atomic E-state index is 0.394. The Hall–Kier alpha value is -0.840. The molecular weight excluding hydrogens is 396 g/mol. The lowest BCUT2D eigenvalue weighted by Gasteiger charge is -2.35. The standard InChI is InChI=1S/C14H18F12/c1-3-5-10(17,18)7-12(21,22)14(25,26)8-13(23,24)11(19,20)6-9(15,16)4-2/h3-8H2,1-2H3. The van der Waals surface area contributed by atoms with Crippen LogP contribution in [0.15, 0.2) is 0 Å². The van der Waals surface area contributed by atoms with Gasteiger partial charge in [-0.1, -0.05) is 20.3 Å². The molecule has 0 saturated carbocycles. The van der Waals surface area contributed by atoms with E-state index in [4.69, 9.17) is 0 Å². The third-order valence-corrected chi connectivity index (χ3v) is 3.61. The molecule has 0 aromatic rings. The molecule has 0 aromatic heterocycles. The average Bonchev–Trinajstić information content (AvgIpc) is 2.34. The molecule has 26 heavy (non-hydrogen) atoms. The molecule has 0 aromatic carbocycles. The maximum absolute atomic E-state index is 13.4. The van der Waals surface area contributed by atoms with Crippen molar-refractivity contribution in [1.29, 1.82) is 0 Å². The van der Waals surface area contributed by atoms with Gasteiger partial charge in [-0.2, -0.15) is 35.1 Å². The normalized spacial score (nSPS) is 15.5. The highest BCUT2D eigenvalue weighted by molar-refractivity contribution is 4.98. The third-order valence-electron chi connectivity index (χ3n) is 3.61. The van der Waals surface area contributed by atoms with E-state index in [0.717, 1.165) is 6.92 Å². The summed E-state index contributed by atoms with van der Waals surface area (Å²) < 4.78 is 159. The molecule has 0 aliphatic heterocycles. The molecule has 0 spiro atoms. The minimum Gasteiger partial charge on any atom is -0.207 e. The van der Waals surface area contributed by atoms with Crippen molar-refractivity contribution in [2.45, 2.75) is 87.9 Å². The van der Waals surface area contributed by atoms with Gasteiger partial charge in [0.25, 0.3) is 11.8 Å². The molecule has 0 N–H and O–H groups in total. The maximum atomic E-state index is 13.4. The molecule has 0 bridgehead atoms. The molecule has 0 aliphatic carbocycles. The predicted octanol–water partition coefficient (Wildman–Crippen LogP) is 7.18. The second-order valence-corrected chi connectivity index (χ2v) is 6.16. The second-order valence-electron chi connectivity index (χ2n) is 6.16. The van der Waals surface area contributed by atoms with Gasteiger partial charge in [0.15, 0.2) is 0 Å². The number of halogens is 12. The van der Waals surface area contributed by atoms with E-state index >= 15 is 0 Å². The first-order chi connectivity index (χ1) is 11.2. The number of alkyl halides is 12. The lowest BCUT2D eigenvalue weighted by Crippen LogP contribution is -2.53. The van der Waals surface area contributed by atoms with Crippen molar-refractivity contribution in [2.75, 3.05) is 0 Å². The van der Waals surface area contributed by atoms with Crippen molar-refractivity contribution in [2.24, 2.45) is 0 Å². The zero-order valence-electron chi connectivity index (χ0n) is 13.8. The largest absolute Gasteiger partial charge is 0.316 e. The number of hydrogen-bond donors (Lipinski definition) is 0. The fourth-order valence-electron chi connectivity index (χ4n) is 2.02. The molecule has 0 saturated heterocycles. The molecule has 0 rings (SSSR count). The molecule has 0 unspecified atom stereocenters. The SMILES string of the molecule is CCCC(F)(F)CC(F)(F)C(F)(F)CC(F)(F)C(F)(F)CC(F)(F)CC. The summed E-state index contributed by atoms with van der Waals surface area (Å²) in [5.74, 6) is -32.2. The van der Waals surface area contributed by atoms with Crippen LogP contribution in [0.2, 0.25) is 0 Å². The van der Waals surface area contributed by atoms with Gasteiger partial charge in [-0.3, -0.25) is 0 Å². The predicted molar refractivity (Wildman–Crippen MR) is 68.7 cm³/mol. The van der Waals surface area contributed by atoms with Gasteiger partial charge in [-0.05, 0) is 0 Å². The zero-order valence-corrected chi connectivity index (χ0v) is 13.8. The van der Waals surface area contributed by atoms with Crippen LogP contribution in [0.3, 0.4) is 0 Å². The van der Waals surface area contributed by atoms with E-state index in [-0.39, 0.29) is 0 Å². The van der Waals surface area contributed by atoms with E-state index < -0.39 is 74.1 Å². The highest BCUT2D eigenvalue weighted by Gasteiger charge is 2.69. The molecular formula is C14H18F12. The van der Waals surface area contributed by atoms with Crippen molar-refractivity contribution in [1.82, 2.24) is 0 Å². The van der Waals surface area contributed by atoms with Crippen LogP contribution >= 0.6 is 0 Å². The summed E-state index contributed by atoms with van der Waals surface area (Å²) in [5.41, 5.74) is 0. The van der Waals surface area contributed by atoms with E-state index in [1.165, 1.54) is 0 Å². The fraction of sp³-hybridized carbons (Fsp3) is 1.00. The summed E-state index contributed by atoms with van der Waals surface area (Å²) in [7, 11) is 0. The first-order valence-corrected chi connectivity index (χ1v) is 7.51. The Morgan fingerprint density at radius 3 is 1.08 bits per heavy atom. The highest BCUT2D eigenvalue weighted by Crippen LogP contribution is 2.52. The summed E-state index contributed by atoms with van der Waals surface area (Å²) in [5, 5.41) is 0. The summed E-state index contributed by atoms with van der Waals surface area (Å²) in [6.45, 7) is 1.78. The fourth-order valence-corrected chi connectivity index (χ4v) is 2.02. The van der Waals surface area contributed by atoms with Crippen molar-refractivity contribution in [3.63, 3.8) is 0 Å². The molecule has 0 radical (unpaired) electrons. The Morgan fingerprint density at radius 2 is 0.769 bits per heavy atom. The van der Waals surface area contributed by atoms with Crippen LogP contribution in [0.5, 0.6) is 0 Å². The Labute approximate surface area is 141 Å². The number of hydrogen-bond acceptors (Lipinski definition) is 0. The third kappa shape index (κ3) is 6.40. The van der Waals surface area contributed by atoms with Gasteiger partial charge in [-0.15, -0.1) is 0 Å². The van der Waals surface area contributed by atoms with Crippen molar-refractivity contribution in [3.05, 3.63) is 0 Å². The van der Waals surface area contributed by atoms with Gasteiger partial charge < -0.3 is 0 Å². The Balaban J connectivity index is 5.48. The first kappa shape index (κ1) is 25.2. The van der Waals surface area contributed by atoms with Crippen molar-refractivity contribution < 1.29 is 52.7 Å². The Kier molecular flexibility index (Phi) is 7.40. The van der Waals surface area contributed by atoms with E-state index in [1.807, 2.05) is 0 Å². The molecule has 0 atom stereocenters. The van der Waals surface area contributed by atoms with E-state index in [9.17, 15) is 52.7 Å². The van der Waals surface area contributed by atoms with E-state index in [2.05, 4.69) is 0 Å². The topological polar surface area (TPSA) is 0 Å². The number of rotatable bonds is 11. The van der Waals surface area contributed by atoms with Crippen molar-refractivity contribution in [3.8, 4) is 0 Å². The van der Waals surface area contributed by atoms with Gasteiger partial charge in [0.05, 0.1) is 19.3 Å². The smallest absolute Gasteiger partial charge is 0.207 e. The summed E-state index contributed by atoms with van der Waals surface area (Å²) in [6, 6.07) is 0. The maximum Gasteiger partial charge on any atom is 0.316 e.